The molecule has 1 fully saturated rings. The van der Waals surface area contributed by atoms with Crippen LogP contribution in [0.4, 0.5) is 5.69 Å². The van der Waals surface area contributed by atoms with Crippen LogP contribution in [0, 0.1) is 0 Å². The molecule has 3 unspecified atom stereocenters. The third-order valence-corrected chi connectivity index (χ3v) is 8.82. The largest absolute Gasteiger partial charge is 0.497 e. The number of aromatic nitrogens is 2. The Balaban J connectivity index is 1.40. The van der Waals surface area contributed by atoms with E-state index in [-0.39, 0.29) is 16.7 Å². The van der Waals surface area contributed by atoms with Crippen LogP contribution in [0.3, 0.4) is 0 Å². The van der Waals surface area contributed by atoms with E-state index in [1.54, 1.807) is 72.4 Å². The number of aliphatic hydroxyl groups excluding tert-OH is 1. The van der Waals surface area contributed by atoms with Gasteiger partial charge in [0.05, 0.1) is 17.7 Å². The maximum Gasteiger partial charge on any atom is 0.248 e. The first kappa shape index (κ1) is 28.5. The van der Waals surface area contributed by atoms with E-state index in [2.05, 4.69) is 15.1 Å². The zero-order valence-electron chi connectivity index (χ0n) is 23.1. The molecular weight excluding hydrogens is 542 g/mol. The number of likely N-dealkylation sites (N-methyl/N-ethyl adjacent to an activating group) is 1. The van der Waals surface area contributed by atoms with E-state index in [0.717, 1.165) is 11.3 Å². The second kappa shape index (κ2) is 11.5. The fourth-order valence-corrected chi connectivity index (χ4v) is 6.25. The van der Waals surface area contributed by atoms with E-state index >= 15 is 0 Å². The minimum absolute atomic E-state index is 0.0266. The first-order chi connectivity index (χ1) is 19.7. The number of benzene rings is 3. The van der Waals surface area contributed by atoms with Gasteiger partial charge in [0.25, 0.3) is 0 Å². The topological polar surface area (TPSA) is 126 Å². The summed E-state index contributed by atoms with van der Waals surface area (Å²) in [7, 11) is -0.816. The van der Waals surface area contributed by atoms with Crippen molar-refractivity contribution < 1.29 is 23.1 Å². The van der Waals surface area contributed by atoms with Crippen LogP contribution in [0.15, 0.2) is 96.0 Å². The van der Waals surface area contributed by atoms with E-state index in [4.69, 9.17) is 4.74 Å². The second-order valence-electron chi connectivity index (χ2n) is 9.92. The van der Waals surface area contributed by atoms with Crippen LogP contribution in [0.25, 0.3) is 11.3 Å². The molecule has 1 heterocycles. The van der Waals surface area contributed by atoms with Gasteiger partial charge in [-0.25, -0.2) is 8.42 Å². The molecule has 3 N–H and O–H groups in total. The Kier molecular flexibility index (Phi) is 7.96. The summed E-state index contributed by atoms with van der Waals surface area (Å²) in [5, 5.41) is 18.1. The molecular formula is C30H33N5O5S. The molecule has 4 aromatic rings. The van der Waals surface area contributed by atoms with Crippen LogP contribution < -0.4 is 19.7 Å². The van der Waals surface area contributed by atoms with Crippen LogP contribution in [0.2, 0.25) is 0 Å². The van der Waals surface area contributed by atoms with Gasteiger partial charge in [-0.2, -0.15) is 9.82 Å². The molecule has 1 aromatic heterocycles. The molecule has 0 saturated heterocycles. The van der Waals surface area contributed by atoms with E-state index < -0.39 is 21.9 Å². The van der Waals surface area contributed by atoms with Crippen molar-refractivity contribution in [1.29, 1.82) is 0 Å². The lowest BCUT2D eigenvalue weighted by Crippen LogP contribution is -2.57. The highest BCUT2D eigenvalue weighted by atomic mass is 32.2. The van der Waals surface area contributed by atoms with Gasteiger partial charge >= 0.3 is 0 Å². The average Bonchev–Trinajstić information content (AvgIpc) is 3.54. The van der Waals surface area contributed by atoms with Crippen LogP contribution in [-0.4, -0.2) is 54.8 Å². The number of carbonyl (C=O) groups is 1. The van der Waals surface area contributed by atoms with Gasteiger partial charge in [-0.05, 0) is 61.4 Å². The number of aryl methyl sites for hydroxylation is 1. The highest BCUT2D eigenvalue weighted by Gasteiger charge is 2.62. The van der Waals surface area contributed by atoms with E-state index in [1.165, 1.54) is 12.1 Å². The summed E-state index contributed by atoms with van der Waals surface area (Å²) in [6.07, 6.45) is 0.285. The number of ether oxygens (including phenoxy) is 1. The molecule has 214 valence electrons. The summed E-state index contributed by atoms with van der Waals surface area (Å²) in [6, 6.07) is 24.8. The molecule has 10 nitrogen and oxygen atoms in total. The molecule has 1 saturated carbocycles. The van der Waals surface area contributed by atoms with E-state index in [1.807, 2.05) is 37.3 Å². The van der Waals surface area contributed by atoms with Crippen LogP contribution in [0.1, 0.15) is 24.8 Å². The van der Waals surface area contributed by atoms with Crippen molar-refractivity contribution in [2.45, 2.75) is 36.0 Å². The quantitative estimate of drug-likeness (QED) is 0.235. The monoisotopic (exact) mass is 575 g/mol. The zero-order chi connectivity index (χ0) is 29.2. The minimum Gasteiger partial charge on any atom is -0.497 e. The number of sulfonamides is 1. The van der Waals surface area contributed by atoms with E-state index in [9.17, 15) is 18.3 Å². The summed E-state index contributed by atoms with van der Waals surface area (Å²) >= 11 is 0. The van der Waals surface area contributed by atoms with Crippen molar-refractivity contribution in [3.05, 3.63) is 96.7 Å². The number of amides is 1. The maximum absolute atomic E-state index is 14.1. The minimum atomic E-state index is -4.15. The van der Waals surface area contributed by atoms with Crippen molar-refractivity contribution in [3.63, 3.8) is 0 Å². The Morgan fingerprint density at radius 3 is 2.49 bits per heavy atom. The Morgan fingerprint density at radius 1 is 1.12 bits per heavy atom. The van der Waals surface area contributed by atoms with Crippen molar-refractivity contribution in [1.82, 2.24) is 19.8 Å². The highest BCUT2D eigenvalue weighted by molar-refractivity contribution is 7.89. The second-order valence-corrected chi connectivity index (χ2v) is 11.6. The summed E-state index contributed by atoms with van der Waals surface area (Å²) < 4.78 is 35.8. The van der Waals surface area contributed by atoms with Crippen LogP contribution in [-0.2, 0) is 21.9 Å². The molecule has 1 aliphatic rings. The van der Waals surface area contributed by atoms with Crippen LogP contribution in [0.5, 0.6) is 5.75 Å². The fraction of sp³-hybridized carbons (Fsp3) is 0.267. The van der Waals surface area contributed by atoms with Gasteiger partial charge in [-0.1, -0.05) is 42.5 Å². The molecule has 0 spiro atoms. The maximum atomic E-state index is 14.1. The smallest absolute Gasteiger partial charge is 0.248 e. The first-order valence-electron chi connectivity index (χ1n) is 13.3. The molecule has 0 bridgehead atoms. The van der Waals surface area contributed by atoms with Crippen molar-refractivity contribution in [2.24, 2.45) is 7.05 Å². The Hall–Kier alpha value is -4.03. The highest BCUT2D eigenvalue weighted by Crippen LogP contribution is 2.53. The van der Waals surface area contributed by atoms with Gasteiger partial charge in [0.15, 0.2) is 6.35 Å². The van der Waals surface area contributed by atoms with Crippen molar-refractivity contribution in [3.8, 4) is 17.0 Å². The van der Waals surface area contributed by atoms with Gasteiger partial charge in [0.2, 0.25) is 15.9 Å². The third kappa shape index (κ3) is 5.75. The lowest BCUT2D eigenvalue weighted by atomic mass is 10.0. The summed E-state index contributed by atoms with van der Waals surface area (Å²) in [5.74, 6) is 0.127. The number of anilines is 1. The van der Waals surface area contributed by atoms with Crippen LogP contribution >= 0.6 is 0 Å². The number of rotatable bonds is 11. The number of nitrogens with one attached hydrogen (secondary N) is 2. The number of carbonyl (C=O) groups excluding carboxylic acids is 1. The van der Waals surface area contributed by atoms with Gasteiger partial charge in [0, 0.05) is 37.0 Å². The zero-order valence-corrected chi connectivity index (χ0v) is 23.9. The lowest BCUT2D eigenvalue weighted by Gasteiger charge is -2.30. The standard InChI is InChI=1S/C30H33N5O5S/c1-4-35(23-13-15-24(40-3)16-14-23)28(36)30(20-26(30)21-9-6-5-7-10-21)32-29(37)33-41(38,39)25-12-8-11-22(19-25)27-17-18-31-34(27)2/h5-19,26,29,32-33,37H,4,20H2,1-3H3. The van der Waals surface area contributed by atoms with Crippen molar-refractivity contribution in [2.75, 3.05) is 18.6 Å². The predicted octanol–water partition coefficient (Wildman–Crippen LogP) is 3.22. The number of nitrogens with zero attached hydrogens (tertiary/aromatic N) is 3. The van der Waals surface area contributed by atoms with Crippen molar-refractivity contribution >= 4 is 21.6 Å². The van der Waals surface area contributed by atoms with Gasteiger partial charge in [-0.15, -0.1) is 0 Å². The summed E-state index contributed by atoms with van der Waals surface area (Å²) in [6.45, 7) is 2.24. The summed E-state index contributed by atoms with van der Waals surface area (Å²) in [5.41, 5.74) is 1.76. The van der Waals surface area contributed by atoms with Gasteiger partial charge in [0.1, 0.15) is 11.3 Å². The molecule has 1 amide bonds. The van der Waals surface area contributed by atoms with Gasteiger partial charge in [-0.3, -0.25) is 14.8 Å². The average molecular weight is 576 g/mol. The fourth-order valence-electron chi connectivity index (χ4n) is 5.22. The Morgan fingerprint density at radius 2 is 1.85 bits per heavy atom. The predicted molar refractivity (Wildman–Crippen MR) is 156 cm³/mol. The molecule has 0 radical (unpaired) electrons. The van der Waals surface area contributed by atoms with Gasteiger partial charge < -0.3 is 14.7 Å². The number of hydrogen-bond acceptors (Lipinski definition) is 7. The lowest BCUT2D eigenvalue weighted by molar-refractivity contribution is -0.123. The van der Waals surface area contributed by atoms with E-state index in [0.29, 0.717) is 30.0 Å². The number of hydrogen-bond donors (Lipinski definition) is 3. The number of aliphatic hydroxyl groups is 1. The Bertz CT molecular complexity index is 1620. The first-order valence-corrected chi connectivity index (χ1v) is 14.7. The molecule has 0 aliphatic heterocycles. The summed E-state index contributed by atoms with van der Waals surface area (Å²) in [4.78, 5) is 15.7. The molecule has 1 aliphatic carbocycles. The number of methoxy groups -OCH3 is 1. The Labute approximate surface area is 239 Å². The molecule has 3 aromatic carbocycles. The SMILES string of the molecule is CCN(C(=O)C1(NC(O)NS(=O)(=O)c2cccc(-c3ccnn3C)c2)CC1c1ccccc1)c1ccc(OC)cc1. The molecule has 41 heavy (non-hydrogen) atoms. The molecule has 5 rings (SSSR count). The molecule has 3 atom stereocenters. The molecule has 11 heteroatoms. The third-order valence-electron chi connectivity index (χ3n) is 7.41. The normalized spacial score (nSPS) is 19.0.